The highest BCUT2D eigenvalue weighted by atomic mass is 35.5. The van der Waals surface area contributed by atoms with Crippen molar-refractivity contribution in [1.82, 2.24) is 9.62 Å². The van der Waals surface area contributed by atoms with Gasteiger partial charge in [0.1, 0.15) is 0 Å². The van der Waals surface area contributed by atoms with Crippen LogP contribution in [0.3, 0.4) is 0 Å². The van der Waals surface area contributed by atoms with Crippen LogP contribution in [0.2, 0.25) is 4.34 Å². The lowest BCUT2D eigenvalue weighted by atomic mass is 10.5. The number of nitrogens with one attached hydrogen (secondary N) is 1. The van der Waals surface area contributed by atoms with E-state index in [9.17, 15) is 8.42 Å². The highest BCUT2D eigenvalue weighted by molar-refractivity contribution is 7.89. The van der Waals surface area contributed by atoms with E-state index in [1.54, 1.807) is 13.1 Å². The lowest BCUT2D eigenvalue weighted by Crippen LogP contribution is -2.33. The number of rotatable bonds is 7. The number of thiophene rings is 1. The maximum Gasteiger partial charge on any atom is 0.215 e. The minimum atomic E-state index is -3.19. The van der Waals surface area contributed by atoms with Crippen molar-refractivity contribution in [3.05, 3.63) is 21.3 Å². The molecule has 98 valence electrons. The van der Waals surface area contributed by atoms with Gasteiger partial charge in [0, 0.05) is 25.0 Å². The van der Waals surface area contributed by atoms with Gasteiger partial charge in [-0.15, -0.1) is 11.3 Å². The summed E-state index contributed by atoms with van der Waals surface area (Å²) in [7, 11) is -1.59. The largest absolute Gasteiger partial charge is 0.316 e. The molecular weight excluding hydrogens is 280 g/mol. The normalized spacial score (nSPS) is 12.2. The van der Waals surface area contributed by atoms with Crippen LogP contribution in [0.25, 0.3) is 0 Å². The Morgan fingerprint density at radius 1 is 1.47 bits per heavy atom. The third-order valence-electron chi connectivity index (χ3n) is 2.27. The summed E-state index contributed by atoms with van der Waals surface area (Å²) in [5.41, 5.74) is 0. The van der Waals surface area contributed by atoms with Gasteiger partial charge in [0.2, 0.25) is 10.0 Å². The van der Waals surface area contributed by atoms with Crippen molar-refractivity contribution in [1.29, 1.82) is 0 Å². The number of sulfonamides is 1. The Kier molecular flexibility index (Phi) is 5.88. The molecule has 0 unspecified atom stereocenters. The minimum Gasteiger partial charge on any atom is -0.316 e. The molecular formula is C10H17ClN2O2S2. The fraction of sp³-hybridized carbons (Fsp3) is 0.600. The lowest BCUT2D eigenvalue weighted by molar-refractivity contribution is 0.468. The predicted octanol–water partition coefficient (Wildman–Crippen LogP) is 1.77. The van der Waals surface area contributed by atoms with Crippen molar-refractivity contribution >= 4 is 33.0 Å². The highest BCUT2D eigenvalue weighted by Gasteiger charge is 2.17. The molecule has 1 rings (SSSR count). The molecule has 0 aliphatic heterocycles. The van der Waals surface area contributed by atoms with Crippen molar-refractivity contribution < 1.29 is 8.42 Å². The molecule has 0 bridgehead atoms. The number of hydrogen-bond acceptors (Lipinski definition) is 4. The maximum atomic E-state index is 11.9. The Morgan fingerprint density at radius 3 is 2.71 bits per heavy atom. The Balaban J connectivity index is 2.53. The number of halogens is 1. The first-order valence-electron chi connectivity index (χ1n) is 5.34. The molecule has 0 aliphatic carbocycles. The predicted molar refractivity (Wildman–Crippen MR) is 73.1 cm³/mol. The summed E-state index contributed by atoms with van der Waals surface area (Å²) in [6.45, 7) is 3.59. The fourth-order valence-electron chi connectivity index (χ4n) is 1.29. The molecule has 1 aromatic rings. The molecule has 17 heavy (non-hydrogen) atoms. The van der Waals surface area contributed by atoms with Gasteiger partial charge in [0.15, 0.2) is 0 Å². The molecule has 0 atom stereocenters. The Labute approximate surface area is 112 Å². The maximum absolute atomic E-state index is 11.9. The Bertz CT molecular complexity index is 445. The molecule has 0 aliphatic rings. The monoisotopic (exact) mass is 296 g/mol. The smallest absolute Gasteiger partial charge is 0.215 e. The van der Waals surface area contributed by atoms with Gasteiger partial charge in [-0.05, 0) is 18.7 Å². The van der Waals surface area contributed by atoms with Crippen molar-refractivity contribution in [3.8, 4) is 0 Å². The van der Waals surface area contributed by atoms with Crippen LogP contribution in [0.4, 0.5) is 0 Å². The zero-order valence-electron chi connectivity index (χ0n) is 9.94. The van der Waals surface area contributed by atoms with E-state index in [1.807, 2.05) is 13.0 Å². The summed E-state index contributed by atoms with van der Waals surface area (Å²) < 4.78 is 25.8. The van der Waals surface area contributed by atoms with E-state index in [1.165, 1.54) is 15.6 Å². The zero-order chi connectivity index (χ0) is 12.9. The van der Waals surface area contributed by atoms with Gasteiger partial charge in [-0.25, -0.2) is 8.42 Å². The van der Waals surface area contributed by atoms with Crippen molar-refractivity contribution in [2.45, 2.75) is 13.5 Å². The van der Waals surface area contributed by atoms with Gasteiger partial charge in [-0.3, -0.25) is 0 Å². The Hall–Kier alpha value is -0.140. The first-order chi connectivity index (χ1) is 7.95. The molecule has 7 heteroatoms. The summed E-state index contributed by atoms with van der Waals surface area (Å²) in [4.78, 5) is 0.949. The van der Waals surface area contributed by atoms with Crippen LogP contribution in [0.1, 0.15) is 11.8 Å². The molecule has 0 saturated carbocycles. The standard InChI is InChI=1S/C10H17ClN2O2S2/c1-3-12-6-7-17(14,15)13(2)8-9-4-5-10(11)16-9/h4-5,12H,3,6-8H2,1-2H3. The van der Waals surface area contributed by atoms with E-state index >= 15 is 0 Å². The van der Waals surface area contributed by atoms with Crippen molar-refractivity contribution in [2.24, 2.45) is 0 Å². The van der Waals surface area contributed by atoms with Crippen molar-refractivity contribution in [3.63, 3.8) is 0 Å². The number of hydrogen-bond donors (Lipinski definition) is 1. The van der Waals surface area contributed by atoms with Crippen LogP contribution in [0.5, 0.6) is 0 Å². The third kappa shape index (κ3) is 4.93. The second kappa shape index (κ2) is 6.70. The second-order valence-corrected chi connectivity index (χ2v) is 7.63. The van der Waals surface area contributed by atoms with Crippen LogP contribution in [-0.4, -0.2) is 38.6 Å². The van der Waals surface area contributed by atoms with Crippen LogP contribution in [0, 0.1) is 0 Å². The fourth-order valence-corrected chi connectivity index (χ4v) is 3.56. The number of nitrogens with zero attached hydrogens (tertiary/aromatic N) is 1. The quantitative estimate of drug-likeness (QED) is 0.780. The van der Waals surface area contributed by atoms with Crippen LogP contribution >= 0.6 is 22.9 Å². The second-order valence-electron chi connectivity index (χ2n) is 3.63. The molecule has 0 saturated heterocycles. The molecule has 4 nitrogen and oxygen atoms in total. The first-order valence-corrected chi connectivity index (χ1v) is 8.15. The average Bonchev–Trinajstić information content (AvgIpc) is 2.64. The van der Waals surface area contributed by atoms with E-state index < -0.39 is 10.0 Å². The molecule has 0 fully saturated rings. The van der Waals surface area contributed by atoms with Crippen LogP contribution < -0.4 is 5.32 Å². The molecule has 0 radical (unpaired) electrons. The summed E-state index contributed by atoms with van der Waals surface area (Å²) in [5.74, 6) is 0.121. The van der Waals surface area contributed by atoms with E-state index in [0.29, 0.717) is 17.4 Å². The van der Waals surface area contributed by atoms with Gasteiger partial charge in [-0.2, -0.15) is 4.31 Å². The van der Waals surface area contributed by atoms with Gasteiger partial charge < -0.3 is 5.32 Å². The highest BCUT2D eigenvalue weighted by Crippen LogP contribution is 2.23. The molecule has 1 aromatic heterocycles. The molecule has 0 aromatic carbocycles. The van der Waals surface area contributed by atoms with Crippen LogP contribution in [0.15, 0.2) is 12.1 Å². The van der Waals surface area contributed by atoms with Crippen molar-refractivity contribution in [2.75, 3.05) is 25.9 Å². The van der Waals surface area contributed by atoms with Gasteiger partial charge >= 0.3 is 0 Å². The molecule has 0 spiro atoms. The summed E-state index contributed by atoms with van der Waals surface area (Å²) in [6.07, 6.45) is 0. The lowest BCUT2D eigenvalue weighted by Gasteiger charge is -2.16. The van der Waals surface area contributed by atoms with E-state index in [2.05, 4.69) is 5.32 Å². The molecule has 1 heterocycles. The molecule has 1 N–H and O–H groups in total. The summed E-state index contributed by atoms with van der Waals surface area (Å²) >= 11 is 7.21. The van der Waals surface area contributed by atoms with E-state index in [0.717, 1.165) is 11.4 Å². The van der Waals surface area contributed by atoms with Gasteiger partial charge in [0.05, 0.1) is 10.1 Å². The van der Waals surface area contributed by atoms with E-state index in [-0.39, 0.29) is 5.75 Å². The topological polar surface area (TPSA) is 49.4 Å². The minimum absolute atomic E-state index is 0.121. The van der Waals surface area contributed by atoms with E-state index in [4.69, 9.17) is 11.6 Å². The third-order valence-corrected chi connectivity index (χ3v) is 5.28. The average molecular weight is 297 g/mol. The summed E-state index contributed by atoms with van der Waals surface area (Å²) in [6, 6.07) is 3.63. The molecule has 0 amide bonds. The summed E-state index contributed by atoms with van der Waals surface area (Å²) in [5, 5.41) is 3.00. The Morgan fingerprint density at radius 2 is 2.18 bits per heavy atom. The van der Waals surface area contributed by atoms with Gasteiger partial charge in [0.25, 0.3) is 0 Å². The SMILES string of the molecule is CCNCCS(=O)(=O)N(C)Cc1ccc(Cl)s1. The van der Waals surface area contributed by atoms with Gasteiger partial charge in [-0.1, -0.05) is 18.5 Å². The zero-order valence-corrected chi connectivity index (χ0v) is 12.3. The first kappa shape index (κ1) is 14.9. The van der Waals surface area contributed by atoms with Crippen LogP contribution in [-0.2, 0) is 16.6 Å².